The molecule has 2 aromatic carbocycles. The standard InChI is InChI=1S/C27H33NO6S/c1-5-31-26(32-6-2)24(20-19-22-15-11-9-12-16-22)25(21-28,27(26,33-7-3)34-8-4)35(29,30)23-17-13-10-14-18-23/h9-20,24H,5-8H2,1-4H3/b20-19-/t24-,25-/m1/s1. The van der Waals surface area contributed by atoms with Gasteiger partial charge in [0.1, 0.15) is 0 Å². The number of hydrogen-bond acceptors (Lipinski definition) is 7. The molecule has 2 atom stereocenters. The maximum Gasteiger partial charge on any atom is 0.259 e. The molecule has 188 valence electrons. The average Bonchev–Trinajstić information content (AvgIpc) is 2.87. The zero-order valence-electron chi connectivity index (χ0n) is 20.6. The van der Waals surface area contributed by atoms with Gasteiger partial charge in [0.25, 0.3) is 5.79 Å². The number of hydrogen-bond donors (Lipinski definition) is 0. The fraction of sp³-hybridized carbons (Fsp3) is 0.444. The molecule has 8 heteroatoms. The lowest BCUT2D eigenvalue weighted by Crippen LogP contribution is -2.89. The Morgan fingerprint density at radius 1 is 0.829 bits per heavy atom. The third-order valence-electron chi connectivity index (χ3n) is 6.13. The van der Waals surface area contributed by atoms with Gasteiger partial charge in [-0.05, 0) is 45.4 Å². The third kappa shape index (κ3) is 4.02. The molecule has 0 amide bonds. The van der Waals surface area contributed by atoms with E-state index < -0.39 is 32.1 Å². The van der Waals surface area contributed by atoms with Gasteiger partial charge in [-0.25, -0.2) is 8.42 Å². The first-order chi connectivity index (χ1) is 16.9. The number of nitrogens with zero attached hydrogens (tertiary/aromatic N) is 1. The molecule has 0 N–H and O–H groups in total. The molecule has 0 bridgehead atoms. The van der Waals surface area contributed by atoms with Crippen molar-refractivity contribution in [1.82, 2.24) is 0 Å². The normalized spacial score (nSPS) is 23.0. The van der Waals surface area contributed by atoms with Crippen molar-refractivity contribution in [1.29, 1.82) is 5.26 Å². The van der Waals surface area contributed by atoms with Crippen LogP contribution < -0.4 is 0 Å². The Balaban J connectivity index is 2.38. The van der Waals surface area contributed by atoms with E-state index in [1.165, 1.54) is 12.1 Å². The number of nitriles is 1. The summed E-state index contributed by atoms with van der Waals surface area (Å²) < 4.78 is 51.0. The van der Waals surface area contributed by atoms with Gasteiger partial charge < -0.3 is 18.9 Å². The third-order valence-corrected chi connectivity index (χ3v) is 8.49. The summed E-state index contributed by atoms with van der Waals surface area (Å²) in [6.07, 6.45) is 3.44. The van der Waals surface area contributed by atoms with E-state index in [4.69, 9.17) is 18.9 Å². The topological polar surface area (TPSA) is 94.9 Å². The van der Waals surface area contributed by atoms with Gasteiger partial charge in [-0.3, -0.25) is 0 Å². The van der Waals surface area contributed by atoms with E-state index >= 15 is 0 Å². The molecule has 2 aromatic rings. The molecule has 3 rings (SSSR count). The van der Waals surface area contributed by atoms with E-state index in [1.54, 1.807) is 58.0 Å². The average molecular weight is 500 g/mol. The van der Waals surface area contributed by atoms with E-state index in [0.717, 1.165) is 5.56 Å². The van der Waals surface area contributed by atoms with Crippen molar-refractivity contribution in [3.05, 3.63) is 72.3 Å². The molecule has 0 heterocycles. The Morgan fingerprint density at radius 2 is 1.31 bits per heavy atom. The van der Waals surface area contributed by atoms with Crippen LogP contribution in [0.1, 0.15) is 33.3 Å². The van der Waals surface area contributed by atoms with Crippen LogP contribution in [0.15, 0.2) is 71.6 Å². The first-order valence-corrected chi connectivity index (χ1v) is 13.4. The number of ether oxygens (including phenoxy) is 4. The van der Waals surface area contributed by atoms with E-state index in [2.05, 4.69) is 6.07 Å². The van der Waals surface area contributed by atoms with Crippen LogP contribution in [0, 0.1) is 17.2 Å². The van der Waals surface area contributed by atoms with Gasteiger partial charge >= 0.3 is 0 Å². The van der Waals surface area contributed by atoms with Crippen LogP contribution in [0.2, 0.25) is 0 Å². The van der Waals surface area contributed by atoms with Gasteiger partial charge in [-0.15, -0.1) is 0 Å². The zero-order valence-corrected chi connectivity index (χ0v) is 21.5. The van der Waals surface area contributed by atoms with Crippen molar-refractivity contribution in [2.24, 2.45) is 5.92 Å². The molecular formula is C27H33NO6S. The molecule has 1 aliphatic carbocycles. The molecule has 1 fully saturated rings. The second kappa shape index (κ2) is 11.0. The van der Waals surface area contributed by atoms with Crippen molar-refractivity contribution in [3.8, 4) is 6.07 Å². The lowest BCUT2D eigenvalue weighted by Gasteiger charge is -2.67. The van der Waals surface area contributed by atoms with Crippen molar-refractivity contribution in [2.45, 2.75) is 48.9 Å². The first-order valence-electron chi connectivity index (χ1n) is 11.9. The maximum atomic E-state index is 14.3. The van der Waals surface area contributed by atoms with Crippen LogP contribution in [0.4, 0.5) is 0 Å². The molecule has 0 unspecified atom stereocenters. The van der Waals surface area contributed by atoms with Crippen molar-refractivity contribution >= 4 is 15.9 Å². The molecule has 7 nitrogen and oxygen atoms in total. The minimum Gasteiger partial charge on any atom is -0.345 e. The van der Waals surface area contributed by atoms with Crippen LogP contribution in [-0.4, -0.2) is 51.2 Å². The lowest BCUT2D eigenvalue weighted by atomic mass is 9.60. The molecule has 0 radical (unpaired) electrons. The second-order valence-corrected chi connectivity index (χ2v) is 10.0. The lowest BCUT2D eigenvalue weighted by molar-refractivity contribution is -0.480. The highest BCUT2D eigenvalue weighted by molar-refractivity contribution is 7.93. The van der Waals surface area contributed by atoms with E-state index in [9.17, 15) is 13.7 Å². The Bertz CT molecular complexity index is 1130. The summed E-state index contributed by atoms with van der Waals surface area (Å²) in [5.41, 5.74) is 0.837. The SMILES string of the molecule is CCOC1(OCC)[C@H](/C=C\c2ccccc2)[C@@](C#N)(S(=O)(=O)c2ccccc2)C1(OCC)OCC. The largest absolute Gasteiger partial charge is 0.345 e. The van der Waals surface area contributed by atoms with Gasteiger partial charge in [0, 0.05) is 26.4 Å². The summed E-state index contributed by atoms with van der Waals surface area (Å²) in [7, 11) is -4.35. The fourth-order valence-corrected chi connectivity index (χ4v) is 7.12. The highest BCUT2D eigenvalue weighted by Gasteiger charge is 2.90. The van der Waals surface area contributed by atoms with Crippen molar-refractivity contribution in [3.63, 3.8) is 0 Å². The fourth-order valence-electron chi connectivity index (χ4n) is 4.93. The van der Waals surface area contributed by atoms with Crippen molar-refractivity contribution in [2.75, 3.05) is 26.4 Å². The zero-order chi connectivity index (χ0) is 25.6. The monoisotopic (exact) mass is 499 g/mol. The molecule has 0 spiro atoms. The Morgan fingerprint density at radius 3 is 1.77 bits per heavy atom. The summed E-state index contributed by atoms with van der Waals surface area (Å²) in [4.78, 5) is -0.00922. The van der Waals surface area contributed by atoms with Crippen molar-refractivity contribution < 1.29 is 27.4 Å². The summed E-state index contributed by atoms with van der Waals surface area (Å²) in [6.45, 7) is 7.50. The minimum atomic E-state index is -4.35. The van der Waals surface area contributed by atoms with Gasteiger partial charge in [0.15, 0.2) is 0 Å². The van der Waals surface area contributed by atoms with Crippen LogP contribution in [0.5, 0.6) is 0 Å². The van der Waals surface area contributed by atoms with Gasteiger partial charge in [-0.1, -0.05) is 60.7 Å². The molecule has 0 aliphatic heterocycles. The van der Waals surface area contributed by atoms with E-state index in [1.807, 2.05) is 30.3 Å². The number of sulfone groups is 1. The number of rotatable bonds is 12. The summed E-state index contributed by atoms with van der Waals surface area (Å²) in [5, 5.41) is 10.7. The van der Waals surface area contributed by atoms with Crippen LogP contribution in [0.25, 0.3) is 6.08 Å². The number of benzene rings is 2. The first kappa shape index (κ1) is 27.1. The smallest absolute Gasteiger partial charge is 0.259 e. The maximum absolute atomic E-state index is 14.3. The van der Waals surface area contributed by atoms with Gasteiger partial charge in [0.2, 0.25) is 20.4 Å². The highest BCUT2D eigenvalue weighted by Crippen LogP contribution is 2.65. The Hall–Kier alpha value is -2.54. The highest BCUT2D eigenvalue weighted by atomic mass is 32.2. The summed E-state index contributed by atoms with van der Waals surface area (Å²) in [6, 6.07) is 19.4. The van der Waals surface area contributed by atoms with Gasteiger partial charge in [0.05, 0.1) is 16.9 Å². The van der Waals surface area contributed by atoms with Crippen LogP contribution >= 0.6 is 0 Å². The minimum absolute atomic E-state index is 0.00922. The predicted octanol–water partition coefficient (Wildman–Crippen LogP) is 4.60. The molecular weight excluding hydrogens is 466 g/mol. The molecule has 0 saturated heterocycles. The Kier molecular flexibility index (Phi) is 8.52. The molecule has 1 aliphatic rings. The summed E-state index contributed by atoms with van der Waals surface area (Å²) >= 11 is 0. The molecule has 1 saturated carbocycles. The van der Waals surface area contributed by atoms with E-state index in [-0.39, 0.29) is 31.3 Å². The Labute approximate surface area is 208 Å². The molecule has 35 heavy (non-hydrogen) atoms. The van der Waals surface area contributed by atoms with Crippen LogP contribution in [-0.2, 0) is 28.8 Å². The second-order valence-electron chi connectivity index (χ2n) is 7.93. The molecule has 0 aromatic heterocycles. The summed E-state index contributed by atoms with van der Waals surface area (Å²) in [5.74, 6) is -4.78. The quantitative estimate of drug-likeness (QED) is 0.394. The van der Waals surface area contributed by atoms with Gasteiger partial charge in [-0.2, -0.15) is 5.26 Å². The van der Waals surface area contributed by atoms with Crippen LogP contribution in [0.3, 0.4) is 0 Å². The predicted molar refractivity (Wildman–Crippen MR) is 133 cm³/mol. The van der Waals surface area contributed by atoms with E-state index in [0.29, 0.717) is 0 Å².